The van der Waals surface area contributed by atoms with Crippen molar-refractivity contribution in [3.05, 3.63) is 70.4 Å². The largest absolute Gasteiger partial charge is 0.497 e. The Morgan fingerprint density at radius 1 is 1.16 bits per heavy atom. The lowest BCUT2D eigenvalue weighted by molar-refractivity contribution is -0.141. The van der Waals surface area contributed by atoms with Crippen LogP contribution in [0.4, 0.5) is 0 Å². The van der Waals surface area contributed by atoms with Crippen LogP contribution in [0.1, 0.15) is 42.0 Å². The highest BCUT2D eigenvalue weighted by molar-refractivity contribution is 6.30. The zero-order valence-corrected chi connectivity index (χ0v) is 18.5. The predicted octanol–water partition coefficient (Wildman–Crippen LogP) is 4.75. The highest BCUT2D eigenvalue weighted by Gasteiger charge is 2.35. The van der Waals surface area contributed by atoms with Gasteiger partial charge in [0.05, 0.1) is 30.8 Å². The van der Waals surface area contributed by atoms with Gasteiger partial charge in [0.1, 0.15) is 10.9 Å². The highest BCUT2D eigenvalue weighted by atomic mass is 35.5. The first-order chi connectivity index (χ1) is 15.4. The predicted molar refractivity (Wildman–Crippen MR) is 122 cm³/mol. The summed E-state index contributed by atoms with van der Waals surface area (Å²) in [7, 11) is 1.59. The molecule has 0 saturated heterocycles. The van der Waals surface area contributed by atoms with Crippen molar-refractivity contribution in [2.24, 2.45) is 5.10 Å². The van der Waals surface area contributed by atoms with E-state index in [0.717, 1.165) is 27.8 Å². The Balaban J connectivity index is 1.72. The van der Waals surface area contributed by atoms with E-state index in [1.807, 2.05) is 55.5 Å². The van der Waals surface area contributed by atoms with Crippen molar-refractivity contribution in [1.82, 2.24) is 9.99 Å². The van der Waals surface area contributed by atoms with Crippen molar-refractivity contribution >= 4 is 40.1 Å². The van der Waals surface area contributed by atoms with Crippen molar-refractivity contribution in [2.75, 3.05) is 7.11 Å². The molecule has 7 nitrogen and oxygen atoms in total. The van der Waals surface area contributed by atoms with E-state index in [1.54, 1.807) is 7.11 Å². The molecule has 0 unspecified atom stereocenters. The number of fused-ring (bicyclic) bond motifs is 1. The van der Waals surface area contributed by atoms with Gasteiger partial charge in [0.25, 0.3) is 0 Å². The van der Waals surface area contributed by atoms with Gasteiger partial charge in [-0.15, -0.1) is 0 Å². The van der Waals surface area contributed by atoms with Gasteiger partial charge < -0.3 is 9.84 Å². The Kier molecular flexibility index (Phi) is 6.10. The number of hydrazone groups is 1. The second-order valence-electron chi connectivity index (χ2n) is 7.69. The van der Waals surface area contributed by atoms with E-state index in [4.69, 9.17) is 21.4 Å². The van der Waals surface area contributed by atoms with Gasteiger partial charge in [-0.25, -0.2) is 9.99 Å². The van der Waals surface area contributed by atoms with E-state index in [1.165, 1.54) is 5.01 Å². The second-order valence-corrected chi connectivity index (χ2v) is 8.05. The third-order valence-electron chi connectivity index (χ3n) is 5.45. The molecular formula is C24H22ClN3O4. The Hall–Kier alpha value is -3.45. The molecule has 4 rings (SSSR count). The minimum atomic E-state index is -1.03. The second kappa shape index (κ2) is 8.96. The molecule has 1 atom stereocenters. The average molecular weight is 452 g/mol. The third kappa shape index (κ3) is 4.43. The monoisotopic (exact) mass is 451 g/mol. The molecule has 32 heavy (non-hydrogen) atoms. The number of ether oxygens (including phenoxy) is 1. The van der Waals surface area contributed by atoms with Crippen LogP contribution >= 0.6 is 11.6 Å². The van der Waals surface area contributed by atoms with E-state index >= 15 is 0 Å². The van der Waals surface area contributed by atoms with E-state index < -0.39 is 12.0 Å². The minimum Gasteiger partial charge on any atom is -0.497 e. The van der Waals surface area contributed by atoms with Crippen LogP contribution in [0.15, 0.2) is 53.6 Å². The molecule has 1 N–H and O–H groups in total. The van der Waals surface area contributed by atoms with Crippen molar-refractivity contribution in [2.45, 2.75) is 32.2 Å². The minimum absolute atomic E-state index is 0.150. The third-order valence-corrected chi connectivity index (χ3v) is 5.76. The standard InChI is InChI=1S/C24H22ClN3O4/c1-14-3-4-16-12-18(24(25)26-19(16)11-14)21-13-20(15-5-7-17(32-2)8-6-15)27-28(21)22(29)9-10-23(30)31/h3-8,11-12,21H,9-10,13H2,1-2H3,(H,30,31)/t21-/m0/s1. The van der Waals surface area contributed by atoms with Crippen molar-refractivity contribution < 1.29 is 19.4 Å². The Bertz CT molecular complexity index is 1220. The van der Waals surface area contributed by atoms with Crippen LogP contribution in [0.2, 0.25) is 5.15 Å². The molecule has 0 fully saturated rings. The molecule has 1 aliphatic rings. The first-order valence-electron chi connectivity index (χ1n) is 10.2. The quantitative estimate of drug-likeness (QED) is 0.546. The van der Waals surface area contributed by atoms with Crippen LogP contribution in [0.25, 0.3) is 10.9 Å². The summed E-state index contributed by atoms with van der Waals surface area (Å²) in [6.07, 6.45) is 0.0192. The fourth-order valence-electron chi connectivity index (χ4n) is 3.77. The summed E-state index contributed by atoms with van der Waals surface area (Å²) < 4.78 is 5.22. The van der Waals surface area contributed by atoms with Crippen molar-refractivity contribution in [3.8, 4) is 5.75 Å². The number of amides is 1. The number of benzene rings is 2. The fourth-order valence-corrected chi connectivity index (χ4v) is 4.04. The molecule has 0 bridgehead atoms. The lowest BCUT2D eigenvalue weighted by Crippen LogP contribution is -2.27. The molecule has 2 aromatic carbocycles. The molecular weight excluding hydrogens is 430 g/mol. The summed E-state index contributed by atoms with van der Waals surface area (Å²) in [4.78, 5) is 28.4. The molecule has 0 radical (unpaired) electrons. The van der Waals surface area contributed by atoms with Crippen LogP contribution in [-0.4, -0.2) is 39.8 Å². The summed E-state index contributed by atoms with van der Waals surface area (Å²) >= 11 is 6.56. The molecule has 1 aromatic heterocycles. The van der Waals surface area contributed by atoms with Crippen LogP contribution in [0.5, 0.6) is 5.75 Å². The van der Waals surface area contributed by atoms with Crippen LogP contribution in [0, 0.1) is 6.92 Å². The van der Waals surface area contributed by atoms with Gasteiger partial charge in [0.2, 0.25) is 5.91 Å². The molecule has 0 aliphatic carbocycles. The first-order valence-corrected chi connectivity index (χ1v) is 10.6. The van der Waals surface area contributed by atoms with Gasteiger partial charge in [0.15, 0.2) is 0 Å². The van der Waals surface area contributed by atoms with Gasteiger partial charge in [-0.05, 0) is 54.4 Å². The van der Waals surface area contributed by atoms with Gasteiger partial charge in [-0.3, -0.25) is 9.59 Å². The van der Waals surface area contributed by atoms with E-state index in [0.29, 0.717) is 22.8 Å². The Labute approximate surface area is 190 Å². The summed E-state index contributed by atoms with van der Waals surface area (Å²) in [5.74, 6) is -0.689. The fraction of sp³-hybridized carbons (Fsp3) is 0.250. The first kappa shape index (κ1) is 21.8. The van der Waals surface area contributed by atoms with Crippen LogP contribution in [-0.2, 0) is 9.59 Å². The number of nitrogens with zero attached hydrogens (tertiary/aromatic N) is 3. The maximum atomic E-state index is 12.9. The van der Waals surface area contributed by atoms with Crippen molar-refractivity contribution in [3.63, 3.8) is 0 Å². The number of rotatable bonds is 6. The SMILES string of the molecule is COc1ccc(C2=NN(C(=O)CCC(=O)O)[C@H](c3cc4ccc(C)cc4nc3Cl)C2)cc1. The summed E-state index contributed by atoms with van der Waals surface area (Å²) in [6.45, 7) is 1.98. The number of carbonyl (C=O) groups is 2. The number of halogens is 1. The summed E-state index contributed by atoms with van der Waals surface area (Å²) in [5, 5.41) is 16.1. The summed E-state index contributed by atoms with van der Waals surface area (Å²) in [5.41, 5.74) is 4.09. The molecule has 2 heterocycles. The summed E-state index contributed by atoms with van der Waals surface area (Å²) in [6, 6.07) is 14.8. The number of carboxylic acids is 1. The number of hydrogen-bond donors (Lipinski definition) is 1. The molecule has 164 valence electrons. The average Bonchev–Trinajstić information content (AvgIpc) is 3.22. The maximum Gasteiger partial charge on any atom is 0.303 e. The molecule has 1 amide bonds. The number of methoxy groups -OCH3 is 1. The Morgan fingerprint density at radius 3 is 2.59 bits per heavy atom. The van der Waals surface area contributed by atoms with E-state index in [9.17, 15) is 9.59 Å². The van der Waals surface area contributed by atoms with E-state index in [2.05, 4.69) is 10.1 Å². The van der Waals surface area contributed by atoms with Gasteiger partial charge in [-0.2, -0.15) is 5.10 Å². The maximum absolute atomic E-state index is 12.9. The number of carbonyl (C=O) groups excluding carboxylic acids is 1. The smallest absolute Gasteiger partial charge is 0.303 e. The Morgan fingerprint density at radius 2 is 1.91 bits per heavy atom. The van der Waals surface area contributed by atoms with Gasteiger partial charge in [-0.1, -0.05) is 23.7 Å². The van der Waals surface area contributed by atoms with Gasteiger partial charge >= 0.3 is 5.97 Å². The zero-order chi connectivity index (χ0) is 22.8. The number of aliphatic carboxylic acids is 1. The number of hydrogen-bond acceptors (Lipinski definition) is 5. The number of aromatic nitrogens is 1. The van der Waals surface area contributed by atoms with Gasteiger partial charge in [0, 0.05) is 23.8 Å². The molecule has 0 spiro atoms. The zero-order valence-electron chi connectivity index (χ0n) is 17.7. The van der Waals surface area contributed by atoms with Crippen molar-refractivity contribution in [1.29, 1.82) is 0 Å². The topological polar surface area (TPSA) is 92.1 Å². The molecule has 8 heteroatoms. The van der Waals surface area contributed by atoms with Crippen LogP contribution in [0.3, 0.4) is 0 Å². The molecule has 3 aromatic rings. The number of carboxylic acid groups (broad SMARTS) is 1. The molecule has 1 aliphatic heterocycles. The number of pyridine rings is 1. The lowest BCUT2D eigenvalue weighted by Gasteiger charge is -2.23. The lowest BCUT2D eigenvalue weighted by atomic mass is 9.98. The van der Waals surface area contributed by atoms with E-state index in [-0.39, 0.29) is 18.7 Å². The highest BCUT2D eigenvalue weighted by Crippen LogP contribution is 2.38. The molecule has 0 saturated carbocycles. The normalized spacial score (nSPS) is 15.7. The number of aryl methyl sites for hydroxylation is 1. The van der Waals surface area contributed by atoms with Crippen LogP contribution < -0.4 is 4.74 Å².